The van der Waals surface area contributed by atoms with Gasteiger partial charge in [0.05, 0.1) is 7.11 Å². The number of amides is 2. The Balaban J connectivity index is 1.37. The zero-order chi connectivity index (χ0) is 21.8. The van der Waals surface area contributed by atoms with Crippen molar-refractivity contribution < 1.29 is 23.9 Å². The van der Waals surface area contributed by atoms with Crippen LogP contribution in [0.15, 0.2) is 60.7 Å². The Hall–Kier alpha value is -3.87. The van der Waals surface area contributed by atoms with Crippen molar-refractivity contribution in [1.29, 1.82) is 0 Å². The fourth-order valence-electron chi connectivity index (χ4n) is 3.60. The molecule has 1 heterocycles. The van der Waals surface area contributed by atoms with E-state index in [9.17, 15) is 14.4 Å². The molecule has 0 aromatic heterocycles. The van der Waals surface area contributed by atoms with Gasteiger partial charge in [0.15, 0.2) is 6.61 Å². The van der Waals surface area contributed by atoms with Crippen LogP contribution in [-0.2, 0) is 14.3 Å². The van der Waals surface area contributed by atoms with Crippen LogP contribution in [0.4, 0.5) is 11.4 Å². The number of fused-ring (bicyclic) bond motifs is 1. The molecule has 0 spiro atoms. The highest BCUT2D eigenvalue weighted by atomic mass is 16.5. The number of ether oxygens (including phenoxy) is 2. The molecule has 1 saturated heterocycles. The molecule has 0 unspecified atom stereocenters. The molecular weight excluding hydrogens is 396 g/mol. The summed E-state index contributed by atoms with van der Waals surface area (Å²) in [4.78, 5) is 38.3. The molecule has 2 amide bonds. The van der Waals surface area contributed by atoms with Crippen molar-refractivity contribution in [1.82, 2.24) is 0 Å². The monoisotopic (exact) mass is 418 g/mol. The highest BCUT2D eigenvalue weighted by molar-refractivity contribution is 6.00. The highest BCUT2D eigenvalue weighted by Crippen LogP contribution is 2.27. The van der Waals surface area contributed by atoms with Gasteiger partial charge in [-0.2, -0.15) is 0 Å². The minimum Gasteiger partial charge on any atom is -0.496 e. The number of methoxy groups -OCH3 is 1. The summed E-state index contributed by atoms with van der Waals surface area (Å²) in [5.41, 5.74) is 1.61. The number of carbonyl (C=O) groups excluding carboxylic acids is 3. The third kappa shape index (κ3) is 4.50. The van der Waals surface area contributed by atoms with E-state index in [1.807, 2.05) is 24.3 Å². The molecule has 7 heteroatoms. The van der Waals surface area contributed by atoms with Gasteiger partial charge in [-0.25, -0.2) is 4.79 Å². The minimum atomic E-state index is -0.638. The largest absolute Gasteiger partial charge is 0.496 e. The second-order valence-electron chi connectivity index (χ2n) is 7.22. The average Bonchev–Trinajstić information content (AvgIpc) is 3.22. The van der Waals surface area contributed by atoms with Crippen molar-refractivity contribution in [2.45, 2.75) is 12.8 Å². The summed E-state index contributed by atoms with van der Waals surface area (Å²) in [5, 5.41) is 4.49. The summed E-state index contributed by atoms with van der Waals surface area (Å²) in [5.74, 6) is -0.609. The second-order valence-corrected chi connectivity index (χ2v) is 7.22. The first-order chi connectivity index (χ1) is 15.0. The van der Waals surface area contributed by atoms with E-state index in [4.69, 9.17) is 9.47 Å². The van der Waals surface area contributed by atoms with Gasteiger partial charge < -0.3 is 19.7 Å². The predicted octanol–water partition coefficient (Wildman–Crippen LogP) is 3.77. The van der Waals surface area contributed by atoms with Crippen LogP contribution in [0, 0.1) is 0 Å². The number of nitrogens with zero attached hydrogens (tertiary/aromatic N) is 1. The van der Waals surface area contributed by atoms with Crippen LogP contribution in [0.2, 0.25) is 0 Å². The molecule has 158 valence electrons. The molecule has 0 saturated carbocycles. The molecule has 0 bridgehead atoms. The minimum absolute atomic E-state index is 0.104. The van der Waals surface area contributed by atoms with Crippen molar-refractivity contribution in [2.75, 3.05) is 30.5 Å². The molecule has 0 aliphatic carbocycles. The number of hydrogen-bond donors (Lipinski definition) is 1. The number of hydrogen-bond acceptors (Lipinski definition) is 5. The van der Waals surface area contributed by atoms with Crippen molar-refractivity contribution in [2.24, 2.45) is 0 Å². The summed E-state index contributed by atoms with van der Waals surface area (Å²) >= 11 is 0. The second kappa shape index (κ2) is 8.87. The van der Waals surface area contributed by atoms with Crippen LogP contribution in [0.3, 0.4) is 0 Å². The molecule has 31 heavy (non-hydrogen) atoms. The summed E-state index contributed by atoms with van der Waals surface area (Å²) < 4.78 is 10.5. The van der Waals surface area contributed by atoms with Crippen molar-refractivity contribution in [3.05, 3.63) is 66.2 Å². The lowest BCUT2D eigenvalue weighted by atomic mass is 10.1. The number of carbonyl (C=O) groups is 3. The fraction of sp³-hybridized carbons (Fsp3) is 0.208. The van der Waals surface area contributed by atoms with E-state index in [-0.39, 0.29) is 11.5 Å². The standard InChI is InChI=1S/C24H22N2O5/c1-30-21-14-17-6-3-2-5-16(17)13-20(21)24(29)31-15-22(27)25-18-8-10-19(11-9-18)26-12-4-7-23(26)28/h2-3,5-6,8-11,13-14H,4,7,12,15H2,1H3,(H,25,27). The lowest BCUT2D eigenvalue weighted by Gasteiger charge is -2.16. The maximum Gasteiger partial charge on any atom is 0.342 e. The third-order valence-corrected chi connectivity index (χ3v) is 5.16. The molecule has 4 rings (SSSR count). The fourth-order valence-corrected chi connectivity index (χ4v) is 3.60. The summed E-state index contributed by atoms with van der Waals surface area (Å²) in [6, 6.07) is 18.0. The van der Waals surface area contributed by atoms with Gasteiger partial charge in [0, 0.05) is 24.3 Å². The summed E-state index contributed by atoms with van der Waals surface area (Å²) in [7, 11) is 1.48. The van der Waals surface area contributed by atoms with Gasteiger partial charge in [0.1, 0.15) is 11.3 Å². The summed E-state index contributed by atoms with van der Waals surface area (Å²) in [6.45, 7) is 0.278. The van der Waals surface area contributed by atoms with Gasteiger partial charge in [-0.3, -0.25) is 9.59 Å². The van der Waals surface area contributed by atoms with Crippen molar-refractivity contribution >= 4 is 39.9 Å². The average molecular weight is 418 g/mol. The number of anilines is 2. The molecule has 0 radical (unpaired) electrons. The van der Waals surface area contributed by atoms with Crippen molar-refractivity contribution in [3.63, 3.8) is 0 Å². The smallest absolute Gasteiger partial charge is 0.342 e. The van der Waals surface area contributed by atoms with E-state index in [0.29, 0.717) is 24.4 Å². The molecule has 1 aliphatic rings. The third-order valence-electron chi connectivity index (χ3n) is 5.16. The zero-order valence-corrected chi connectivity index (χ0v) is 17.1. The maximum atomic E-state index is 12.5. The van der Waals surface area contributed by atoms with Gasteiger partial charge in [-0.05, 0) is 53.6 Å². The molecule has 3 aromatic carbocycles. The van der Waals surface area contributed by atoms with Gasteiger partial charge in [-0.1, -0.05) is 24.3 Å². The molecule has 1 fully saturated rings. The first-order valence-corrected chi connectivity index (χ1v) is 9.99. The first-order valence-electron chi connectivity index (χ1n) is 9.99. The van der Waals surface area contributed by atoms with Gasteiger partial charge in [0.25, 0.3) is 5.91 Å². The Kier molecular flexibility index (Phi) is 5.84. The van der Waals surface area contributed by atoms with Gasteiger partial charge >= 0.3 is 5.97 Å². The Morgan fingerprint density at radius 3 is 2.39 bits per heavy atom. The Labute approximate surface area is 179 Å². The van der Waals surface area contributed by atoms with E-state index < -0.39 is 18.5 Å². The van der Waals surface area contributed by atoms with E-state index in [1.54, 1.807) is 41.3 Å². The highest BCUT2D eigenvalue weighted by Gasteiger charge is 2.21. The molecule has 1 aliphatic heterocycles. The quantitative estimate of drug-likeness (QED) is 0.616. The van der Waals surface area contributed by atoms with E-state index in [0.717, 1.165) is 22.9 Å². The van der Waals surface area contributed by atoms with E-state index >= 15 is 0 Å². The topological polar surface area (TPSA) is 84.9 Å². The van der Waals surface area contributed by atoms with Crippen LogP contribution in [0.25, 0.3) is 10.8 Å². The Bertz CT molecular complexity index is 1140. The van der Waals surface area contributed by atoms with Gasteiger partial charge in [-0.15, -0.1) is 0 Å². The number of esters is 1. The zero-order valence-electron chi connectivity index (χ0n) is 17.1. The molecule has 7 nitrogen and oxygen atoms in total. The van der Waals surface area contributed by atoms with E-state index in [1.165, 1.54) is 7.11 Å². The molecule has 1 N–H and O–H groups in total. The normalized spacial score (nSPS) is 13.3. The van der Waals surface area contributed by atoms with Crippen LogP contribution in [-0.4, -0.2) is 38.0 Å². The van der Waals surface area contributed by atoms with Crippen LogP contribution in [0.1, 0.15) is 23.2 Å². The summed E-state index contributed by atoms with van der Waals surface area (Å²) in [6.07, 6.45) is 1.41. The first kappa shape index (κ1) is 20.4. The maximum absolute atomic E-state index is 12.5. The predicted molar refractivity (Wildman–Crippen MR) is 117 cm³/mol. The number of benzene rings is 3. The lowest BCUT2D eigenvalue weighted by Crippen LogP contribution is -2.24. The SMILES string of the molecule is COc1cc2ccccc2cc1C(=O)OCC(=O)Nc1ccc(N2CCCC2=O)cc1. The lowest BCUT2D eigenvalue weighted by molar-refractivity contribution is -0.119. The number of rotatable bonds is 6. The molecular formula is C24H22N2O5. The molecule has 0 atom stereocenters. The van der Waals surface area contributed by atoms with Gasteiger partial charge in [0.2, 0.25) is 5.91 Å². The van der Waals surface area contributed by atoms with Crippen LogP contribution < -0.4 is 15.0 Å². The van der Waals surface area contributed by atoms with E-state index in [2.05, 4.69) is 5.32 Å². The Morgan fingerprint density at radius 1 is 1.03 bits per heavy atom. The number of nitrogens with one attached hydrogen (secondary N) is 1. The van der Waals surface area contributed by atoms with Crippen molar-refractivity contribution in [3.8, 4) is 5.75 Å². The molecule has 3 aromatic rings. The van der Waals surface area contributed by atoms with Crippen LogP contribution >= 0.6 is 0 Å². The van der Waals surface area contributed by atoms with Crippen LogP contribution in [0.5, 0.6) is 5.75 Å². The Morgan fingerprint density at radius 2 is 1.74 bits per heavy atom.